The minimum atomic E-state index is -3.69. The molecule has 0 spiro atoms. The van der Waals surface area contributed by atoms with Crippen molar-refractivity contribution < 1.29 is 17.9 Å². The van der Waals surface area contributed by atoms with Crippen LogP contribution in [0.4, 0.5) is 0 Å². The highest BCUT2D eigenvalue weighted by Crippen LogP contribution is 2.31. The standard InChI is InChI=1S/C20H20Cl2N2O4S/c21-16-5-6-18-14(12-16)11-15(13-28-18)20(25)23-7-9-24(10-8-23)29(26,27)19-4-2-1-3-17(19)22/h1-6,12,15H,7-11,13H2/t15-/m0/s1. The molecule has 1 saturated heterocycles. The van der Waals surface area contributed by atoms with Gasteiger partial charge in [-0.15, -0.1) is 0 Å². The summed E-state index contributed by atoms with van der Waals surface area (Å²) in [5.74, 6) is 0.437. The normalized spacial score (nSPS) is 20.1. The zero-order chi connectivity index (χ0) is 20.6. The van der Waals surface area contributed by atoms with Gasteiger partial charge in [-0.3, -0.25) is 4.79 Å². The molecule has 6 nitrogen and oxygen atoms in total. The Labute approximate surface area is 180 Å². The van der Waals surface area contributed by atoms with Crippen LogP contribution in [0.25, 0.3) is 0 Å². The average Bonchev–Trinajstić information content (AvgIpc) is 2.73. The number of hydrogen-bond acceptors (Lipinski definition) is 4. The molecule has 29 heavy (non-hydrogen) atoms. The van der Waals surface area contributed by atoms with Crippen LogP contribution >= 0.6 is 23.2 Å². The van der Waals surface area contributed by atoms with Crippen molar-refractivity contribution in [2.45, 2.75) is 11.3 Å². The Morgan fingerprint density at radius 3 is 2.48 bits per heavy atom. The molecule has 0 aliphatic carbocycles. The number of hydrogen-bond donors (Lipinski definition) is 0. The van der Waals surface area contributed by atoms with E-state index in [-0.39, 0.29) is 34.8 Å². The van der Waals surface area contributed by atoms with Crippen LogP contribution in [-0.2, 0) is 21.2 Å². The monoisotopic (exact) mass is 454 g/mol. The third-order valence-corrected chi connectivity index (χ3v) is 7.92. The first-order valence-electron chi connectivity index (χ1n) is 9.31. The third kappa shape index (κ3) is 4.10. The summed E-state index contributed by atoms with van der Waals surface area (Å²) in [5.41, 5.74) is 0.919. The van der Waals surface area contributed by atoms with Gasteiger partial charge in [-0.05, 0) is 42.3 Å². The fourth-order valence-electron chi connectivity index (χ4n) is 3.72. The number of sulfonamides is 1. The first-order chi connectivity index (χ1) is 13.9. The van der Waals surface area contributed by atoms with Gasteiger partial charge < -0.3 is 9.64 Å². The van der Waals surface area contributed by atoms with E-state index < -0.39 is 10.0 Å². The van der Waals surface area contributed by atoms with Crippen molar-refractivity contribution in [1.82, 2.24) is 9.21 Å². The second-order valence-corrected chi connectivity index (χ2v) is 9.87. The Morgan fingerprint density at radius 2 is 1.76 bits per heavy atom. The number of benzene rings is 2. The van der Waals surface area contributed by atoms with Crippen LogP contribution in [0.1, 0.15) is 5.56 Å². The second-order valence-electron chi connectivity index (χ2n) is 7.12. The lowest BCUT2D eigenvalue weighted by Gasteiger charge is -2.36. The van der Waals surface area contributed by atoms with Crippen molar-refractivity contribution in [2.24, 2.45) is 5.92 Å². The maximum atomic E-state index is 13.0. The highest BCUT2D eigenvalue weighted by Gasteiger charge is 2.35. The van der Waals surface area contributed by atoms with Gasteiger partial charge in [-0.1, -0.05) is 35.3 Å². The molecule has 2 aliphatic rings. The quantitative estimate of drug-likeness (QED) is 0.714. The maximum Gasteiger partial charge on any atom is 0.244 e. The van der Waals surface area contributed by atoms with E-state index >= 15 is 0 Å². The first kappa shape index (κ1) is 20.5. The third-order valence-electron chi connectivity index (χ3n) is 5.28. The van der Waals surface area contributed by atoms with E-state index in [0.29, 0.717) is 31.1 Å². The van der Waals surface area contributed by atoms with Crippen molar-refractivity contribution in [2.75, 3.05) is 32.8 Å². The topological polar surface area (TPSA) is 66.9 Å². The average molecular weight is 455 g/mol. The smallest absolute Gasteiger partial charge is 0.244 e. The van der Waals surface area contributed by atoms with Gasteiger partial charge in [0.1, 0.15) is 17.3 Å². The molecule has 1 fully saturated rings. The van der Waals surface area contributed by atoms with Crippen LogP contribution in [0.3, 0.4) is 0 Å². The fourth-order valence-corrected chi connectivity index (χ4v) is 5.83. The van der Waals surface area contributed by atoms with Crippen LogP contribution in [-0.4, -0.2) is 56.3 Å². The summed E-state index contributed by atoms with van der Waals surface area (Å²) in [7, 11) is -3.69. The molecule has 0 saturated carbocycles. The molecule has 4 rings (SSSR count). The van der Waals surface area contributed by atoms with Crippen LogP contribution < -0.4 is 4.74 Å². The Hall–Kier alpha value is -1.80. The molecule has 2 aromatic rings. The fraction of sp³-hybridized carbons (Fsp3) is 0.350. The molecule has 2 heterocycles. The van der Waals surface area contributed by atoms with Gasteiger partial charge >= 0.3 is 0 Å². The molecule has 0 bridgehead atoms. The van der Waals surface area contributed by atoms with E-state index in [1.165, 1.54) is 10.4 Å². The van der Waals surface area contributed by atoms with Gasteiger partial charge in [-0.2, -0.15) is 4.31 Å². The van der Waals surface area contributed by atoms with Gasteiger partial charge in [0.15, 0.2) is 0 Å². The molecule has 2 aliphatic heterocycles. The number of carbonyl (C=O) groups is 1. The number of ether oxygens (including phenoxy) is 1. The van der Waals surface area contributed by atoms with Crippen molar-refractivity contribution in [3.63, 3.8) is 0 Å². The van der Waals surface area contributed by atoms with Crippen LogP contribution in [0.2, 0.25) is 10.0 Å². The predicted octanol–water partition coefficient (Wildman–Crippen LogP) is 3.08. The number of halogens is 2. The number of piperazine rings is 1. The molecule has 0 radical (unpaired) electrons. The number of fused-ring (bicyclic) bond motifs is 1. The van der Waals surface area contributed by atoms with E-state index in [2.05, 4.69) is 0 Å². The minimum Gasteiger partial charge on any atom is -0.492 e. The van der Waals surface area contributed by atoms with E-state index in [0.717, 1.165) is 11.3 Å². The van der Waals surface area contributed by atoms with Crippen molar-refractivity contribution in [1.29, 1.82) is 0 Å². The number of carbonyl (C=O) groups excluding carboxylic acids is 1. The molecule has 9 heteroatoms. The summed E-state index contributed by atoms with van der Waals surface area (Å²) in [6.07, 6.45) is 0.562. The van der Waals surface area contributed by atoms with Gasteiger partial charge in [0.05, 0.1) is 10.9 Å². The largest absolute Gasteiger partial charge is 0.492 e. The zero-order valence-electron chi connectivity index (χ0n) is 15.6. The molecule has 0 N–H and O–H groups in total. The van der Waals surface area contributed by atoms with Crippen LogP contribution in [0, 0.1) is 5.92 Å². The summed E-state index contributed by atoms with van der Waals surface area (Å²) in [6, 6.07) is 11.8. The summed E-state index contributed by atoms with van der Waals surface area (Å²) in [5, 5.41) is 0.807. The maximum absolute atomic E-state index is 13.0. The highest BCUT2D eigenvalue weighted by molar-refractivity contribution is 7.89. The van der Waals surface area contributed by atoms with Gasteiger partial charge in [-0.25, -0.2) is 8.42 Å². The molecule has 154 valence electrons. The Balaban J connectivity index is 1.41. The Bertz CT molecular complexity index is 1040. The van der Waals surface area contributed by atoms with Crippen molar-refractivity contribution >= 4 is 39.1 Å². The van der Waals surface area contributed by atoms with E-state index in [4.69, 9.17) is 27.9 Å². The summed E-state index contributed by atoms with van der Waals surface area (Å²) < 4.78 is 32.8. The van der Waals surface area contributed by atoms with Gasteiger partial charge in [0.25, 0.3) is 0 Å². The van der Waals surface area contributed by atoms with Crippen LogP contribution in [0.5, 0.6) is 5.75 Å². The number of rotatable bonds is 3. The lowest BCUT2D eigenvalue weighted by molar-refractivity contribution is -0.138. The molecular formula is C20H20Cl2N2O4S. The predicted molar refractivity (Wildman–Crippen MR) is 111 cm³/mol. The number of amides is 1. The SMILES string of the molecule is O=C([C@@H]1COc2ccc(Cl)cc2C1)N1CCN(S(=O)(=O)c2ccccc2Cl)CC1. The molecule has 1 amide bonds. The lowest BCUT2D eigenvalue weighted by Crippen LogP contribution is -2.52. The first-order valence-corrected chi connectivity index (χ1v) is 11.5. The van der Waals surface area contributed by atoms with Gasteiger partial charge in [0.2, 0.25) is 15.9 Å². The van der Waals surface area contributed by atoms with Crippen LogP contribution in [0.15, 0.2) is 47.4 Å². The Morgan fingerprint density at radius 1 is 1.03 bits per heavy atom. The Kier molecular flexibility index (Phi) is 5.75. The zero-order valence-corrected chi connectivity index (χ0v) is 17.9. The van der Waals surface area contributed by atoms with E-state index in [9.17, 15) is 13.2 Å². The van der Waals surface area contributed by atoms with Crippen molar-refractivity contribution in [3.8, 4) is 5.75 Å². The second kappa shape index (κ2) is 8.14. The number of nitrogens with zero attached hydrogens (tertiary/aromatic N) is 2. The lowest BCUT2D eigenvalue weighted by atomic mass is 9.95. The molecule has 0 unspecified atom stereocenters. The van der Waals surface area contributed by atoms with E-state index in [1.807, 2.05) is 12.1 Å². The minimum absolute atomic E-state index is 0.0228. The van der Waals surface area contributed by atoms with E-state index in [1.54, 1.807) is 29.2 Å². The van der Waals surface area contributed by atoms with Crippen molar-refractivity contribution in [3.05, 3.63) is 58.1 Å². The molecule has 0 aromatic heterocycles. The summed E-state index contributed by atoms with van der Waals surface area (Å²) >= 11 is 12.1. The van der Waals surface area contributed by atoms with Gasteiger partial charge in [0, 0.05) is 31.2 Å². The molecular weight excluding hydrogens is 435 g/mol. The highest BCUT2D eigenvalue weighted by atomic mass is 35.5. The summed E-state index contributed by atoms with van der Waals surface area (Å²) in [6.45, 7) is 1.44. The molecule has 1 atom stereocenters. The summed E-state index contributed by atoms with van der Waals surface area (Å²) in [4.78, 5) is 14.8. The molecule has 2 aromatic carbocycles.